The fourth-order valence-electron chi connectivity index (χ4n) is 1.95. The van der Waals surface area contributed by atoms with E-state index >= 15 is 0 Å². The molecule has 0 bridgehead atoms. The maximum absolute atomic E-state index is 11.4. The summed E-state index contributed by atoms with van der Waals surface area (Å²) in [7, 11) is -3.19. The average molecular weight is 303 g/mol. The molecule has 0 radical (unpaired) electrons. The molecule has 6 nitrogen and oxygen atoms in total. The molecule has 7 heteroatoms. The number of nitrogens with zero attached hydrogens (tertiary/aromatic N) is 3. The van der Waals surface area contributed by atoms with E-state index in [4.69, 9.17) is 4.74 Å². The Hall–Kier alpha value is -2.41. The number of sulfone groups is 1. The Kier molecular flexibility index (Phi) is 3.34. The lowest BCUT2D eigenvalue weighted by atomic mass is 10.3. The third-order valence-electron chi connectivity index (χ3n) is 3.02. The Balaban J connectivity index is 1.77. The van der Waals surface area contributed by atoms with Crippen LogP contribution in [-0.4, -0.2) is 29.3 Å². The van der Waals surface area contributed by atoms with Crippen LogP contribution in [0.15, 0.2) is 53.7 Å². The molecular weight excluding hydrogens is 290 g/mol. The molecule has 0 unspecified atom stereocenters. The third-order valence-corrected chi connectivity index (χ3v) is 4.15. The molecule has 0 spiro atoms. The lowest BCUT2D eigenvalue weighted by Gasteiger charge is -2.08. The predicted octanol–water partition coefficient (Wildman–Crippen LogP) is 1.71. The number of pyridine rings is 1. The van der Waals surface area contributed by atoms with E-state index < -0.39 is 9.84 Å². The fourth-order valence-corrected chi connectivity index (χ4v) is 2.58. The summed E-state index contributed by atoms with van der Waals surface area (Å²) in [5, 5.41) is 4.12. The minimum absolute atomic E-state index is 0.272. The van der Waals surface area contributed by atoms with Crippen molar-refractivity contribution in [2.24, 2.45) is 0 Å². The van der Waals surface area contributed by atoms with Crippen molar-refractivity contribution in [2.45, 2.75) is 11.5 Å². The molecule has 0 aliphatic rings. The van der Waals surface area contributed by atoms with E-state index in [9.17, 15) is 8.42 Å². The number of hydrogen-bond acceptors (Lipinski definition) is 5. The maximum Gasteiger partial charge on any atom is 0.175 e. The molecule has 2 heterocycles. The highest BCUT2D eigenvalue weighted by molar-refractivity contribution is 7.90. The van der Waals surface area contributed by atoms with Gasteiger partial charge < -0.3 is 4.74 Å². The molecule has 0 atom stereocenters. The summed E-state index contributed by atoms with van der Waals surface area (Å²) in [4.78, 5) is 4.37. The van der Waals surface area contributed by atoms with E-state index in [0.29, 0.717) is 12.4 Å². The topological polar surface area (TPSA) is 73.6 Å². The quantitative estimate of drug-likeness (QED) is 0.733. The largest absolute Gasteiger partial charge is 0.487 e. The molecule has 3 rings (SSSR count). The molecule has 3 aromatic rings. The zero-order valence-electron chi connectivity index (χ0n) is 11.3. The van der Waals surface area contributed by atoms with Gasteiger partial charge in [-0.15, -0.1) is 0 Å². The van der Waals surface area contributed by atoms with Gasteiger partial charge in [0, 0.05) is 6.26 Å². The summed E-state index contributed by atoms with van der Waals surface area (Å²) in [5.74, 6) is 0.597. The summed E-state index contributed by atoms with van der Waals surface area (Å²) in [6, 6.07) is 12.0. The van der Waals surface area contributed by atoms with E-state index in [2.05, 4.69) is 10.1 Å². The minimum Gasteiger partial charge on any atom is -0.487 e. The molecule has 0 aliphatic carbocycles. The highest BCUT2D eigenvalue weighted by Crippen LogP contribution is 2.17. The van der Waals surface area contributed by atoms with E-state index in [-0.39, 0.29) is 4.90 Å². The summed E-state index contributed by atoms with van der Waals surface area (Å²) < 4.78 is 30.1. The highest BCUT2D eigenvalue weighted by atomic mass is 32.2. The minimum atomic E-state index is -3.19. The van der Waals surface area contributed by atoms with Gasteiger partial charge in [0.1, 0.15) is 18.7 Å². The molecular formula is C14H13N3O3S. The van der Waals surface area contributed by atoms with Gasteiger partial charge in [-0.3, -0.25) is 0 Å². The van der Waals surface area contributed by atoms with Crippen molar-refractivity contribution >= 4 is 15.5 Å². The Morgan fingerprint density at radius 1 is 1.14 bits per heavy atom. The second-order valence-electron chi connectivity index (χ2n) is 4.58. The number of aromatic nitrogens is 3. The molecule has 0 aliphatic heterocycles. The Labute approximate surface area is 121 Å². The van der Waals surface area contributed by atoms with Crippen LogP contribution in [0, 0.1) is 0 Å². The first kappa shape index (κ1) is 13.6. The van der Waals surface area contributed by atoms with Crippen LogP contribution >= 0.6 is 0 Å². The van der Waals surface area contributed by atoms with Crippen LogP contribution < -0.4 is 4.74 Å². The van der Waals surface area contributed by atoms with Crippen LogP contribution in [-0.2, 0) is 16.4 Å². The molecule has 0 saturated heterocycles. The summed E-state index contributed by atoms with van der Waals surface area (Å²) in [6.45, 7) is 0.318. The van der Waals surface area contributed by atoms with Crippen molar-refractivity contribution in [3.05, 3.63) is 54.5 Å². The first-order valence-electron chi connectivity index (χ1n) is 6.24. The first-order chi connectivity index (χ1) is 10.0. The molecule has 21 heavy (non-hydrogen) atoms. The van der Waals surface area contributed by atoms with Gasteiger partial charge in [-0.25, -0.2) is 17.9 Å². The second-order valence-corrected chi connectivity index (χ2v) is 6.60. The van der Waals surface area contributed by atoms with Gasteiger partial charge in [-0.05, 0) is 36.4 Å². The molecule has 0 fully saturated rings. The third kappa shape index (κ3) is 2.87. The van der Waals surface area contributed by atoms with Gasteiger partial charge in [0.15, 0.2) is 15.5 Å². The van der Waals surface area contributed by atoms with Gasteiger partial charge in [0.2, 0.25) is 0 Å². The molecule has 1 aromatic carbocycles. The lowest BCUT2D eigenvalue weighted by molar-refractivity contribution is 0.298. The summed E-state index contributed by atoms with van der Waals surface area (Å²) >= 11 is 0. The van der Waals surface area contributed by atoms with Crippen LogP contribution in [0.25, 0.3) is 5.65 Å². The molecule has 0 saturated carbocycles. The van der Waals surface area contributed by atoms with E-state index in [1.54, 1.807) is 16.6 Å². The smallest absolute Gasteiger partial charge is 0.175 e. The summed E-state index contributed by atoms with van der Waals surface area (Å²) in [5.41, 5.74) is 1.61. The lowest BCUT2D eigenvalue weighted by Crippen LogP contribution is -2.03. The highest BCUT2D eigenvalue weighted by Gasteiger charge is 2.07. The number of benzene rings is 1. The Morgan fingerprint density at radius 3 is 2.62 bits per heavy atom. The molecule has 2 aromatic heterocycles. The SMILES string of the molecule is CS(=O)(=O)c1ccc(OCc2cccc3ncnn23)cc1. The van der Waals surface area contributed by atoms with Crippen molar-refractivity contribution in [1.29, 1.82) is 0 Å². The number of hydrogen-bond donors (Lipinski definition) is 0. The van der Waals surface area contributed by atoms with E-state index in [1.165, 1.54) is 24.7 Å². The average Bonchev–Trinajstić information content (AvgIpc) is 2.93. The monoisotopic (exact) mass is 303 g/mol. The van der Waals surface area contributed by atoms with E-state index in [0.717, 1.165) is 11.3 Å². The molecule has 0 N–H and O–H groups in total. The van der Waals surface area contributed by atoms with Crippen molar-refractivity contribution < 1.29 is 13.2 Å². The molecule has 108 valence electrons. The van der Waals surface area contributed by atoms with Crippen molar-refractivity contribution in [2.75, 3.05) is 6.26 Å². The van der Waals surface area contributed by atoms with Crippen LogP contribution in [0.5, 0.6) is 5.75 Å². The van der Waals surface area contributed by atoms with Crippen molar-refractivity contribution in [3.8, 4) is 5.75 Å². The van der Waals surface area contributed by atoms with Crippen molar-refractivity contribution in [3.63, 3.8) is 0 Å². The van der Waals surface area contributed by atoms with Crippen molar-refractivity contribution in [1.82, 2.24) is 14.6 Å². The zero-order valence-corrected chi connectivity index (χ0v) is 12.1. The van der Waals surface area contributed by atoms with Crippen LogP contribution in [0.4, 0.5) is 0 Å². The van der Waals surface area contributed by atoms with E-state index in [1.807, 2.05) is 18.2 Å². The maximum atomic E-state index is 11.4. The molecule has 0 amide bonds. The Morgan fingerprint density at radius 2 is 1.90 bits per heavy atom. The van der Waals surface area contributed by atoms with Gasteiger partial charge in [-0.2, -0.15) is 5.10 Å². The first-order valence-corrected chi connectivity index (χ1v) is 8.14. The number of ether oxygens (including phenoxy) is 1. The van der Waals surface area contributed by atoms with Crippen LogP contribution in [0.2, 0.25) is 0 Å². The summed E-state index contributed by atoms with van der Waals surface area (Å²) in [6.07, 6.45) is 2.66. The predicted molar refractivity (Wildman–Crippen MR) is 76.9 cm³/mol. The number of fused-ring (bicyclic) bond motifs is 1. The zero-order chi connectivity index (χ0) is 14.9. The second kappa shape index (κ2) is 5.17. The van der Waals surface area contributed by atoms with Gasteiger partial charge in [0.05, 0.1) is 10.6 Å². The van der Waals surface area contributed by atoms with Crippen LogP contribution in [0.3, 0.4) is 0 Å². The van der Waals surface area contributed by atoms with Gasteiger partial charge >= 0.3 is 0 Å². The van der Waals surface area contributed by atoms with Crippen LogP contribution in [0.1, 0.15) is 5.69 Å². The van der Waals surface area contributed by atoms with Gasteiger partial charge in [0.25, 0.3) is 0 Å². The normalized spacial score (nSPS) is 11.7. The Bertz CT molecular complexity index is 870. The van der Waals surface area contributed by atoms with Gasteiger partial charge in [-0.1, -0.05) is 6.07 Å². The standard InChI is InChI=1S/C14H13N3O3S/c1-21(18,19)13-7-5-12(6-8-13)20-9-11-3-2-4-14-15-10-16-17(11)14/h2-8,10H,9H2,1H3. The fraction of sp³-hybridized carbons (Fsp3) is 0.143. The number of rotatable bonds is 4.